The molecule has 4 rings (SSSR count). The summed E-state index contributed by atoms with van der Waals surface area (Å²) in [6.45, 7) is 4.23. The maximum absolute atomic E-state index is 12.9. The largest absolute Gasteiger partial charge is 0.452 e. The molecule has 0 unspecified atom stereocenters. The fourth-order valence-electron chi connectivity index (χ4n) is 3.70. The highest BCUT2D eigenvalue weighted by Gasteiger charge is 2.27. The van der Waals surface area contributed by atoms with Crippen molar-refractivity contribution in [3.05, 3.63) is 65.4 Å². The molecule has 0 saturated carbocycles. The van der Waals surface area contributed by atoms with Gasteiger partial charge in [-0.1, -0.05) is 24.3 Å². The number of ether oxygens (including phenoxy) is 2. The van der Waals surface area contributed by atoms with Gasteiger partial charge in [-0.15, -0.1) is 0 Å². The van der Waals surface area contributed by atoms with Gasteiger partial charge < -0.3 is 14.8 Å². The smallest absolute Gasteiger partial charge is 0.339 e. The lowest BCUT2D eigenvalue weighted by atomic mass is 10.1. The van der Waals surface area contributed by atoms with Crippen LogP contribution in [0.2, 0.25) is 0 Å². The molecule has 0 aliphatic carbocycles. The lowest BCUT2D eigenvalue weighted by molar-refractivity contribution is -0.119. The number of hydrogen-bond donors (Lipinski definition) is 1. The van der Waals surface area contributed by atoms with E-state index in [1.165, 1.54) is 16.4 Å². The van der Waals surface area contributed by atoms with Gasteiger partial charge in [0.05, 0.1) is 29.2 Å². The zero-order valence-corrected chi connectivity index (χ0v) is 19.7. The highest BCUT2D eigenvalue weighted by molar-refractivity contribution is 7.89. The number of nitrogens with one attached hydrogen (secondary N) is 1. The van der Waals surface area contributed by atoms with Crippen molar-refractivity contribution >= 4 is 38.5 Å². The van der Waals surface area contributed by atoms with Gasteiger partial charge in [0.2, 0.25) is 10.0 Å². The number of sulfonamides is 1. The number of aromatic nitrogens is 1. The van der Waals surface area contributed by atoms with Gasteiger partial charge in [0, 0.05) is 29.9 Å². The molecule has 1 amide bonds. The fourth-order valence-corrected chi connectivity index (χ4v) is 5.14. The Morgan fingerprint density at radius 3 is 2.59 bits per heavy atom. The first kappa shape index (κ1) is 23.8. The highest BCUT2D eigenvalue weighted by atomic mass is 32.2. The number of esters is 1. The Kier molecular flexibility index (Phi) is 6.92. The molecule has 1 aliphatic heterocycles. The van der Waals surface area contributed by atoms with Crippen LogP contribution in [-0.4, -0.2) is 62.5 Å². The van der Waals surface area contributed by atoms with E-state index in [4.69, 9.17) is 9.47 Å². The lowest BCUT2D eigenvalue weighted by Gasteiger charge is -2.26. The van der Waals surface area contributed by atoms with Crippen LogP contribution in [-0.2, 0) is 24.3 Å². The summed E-state index contributed by atoms with van der Waals surface area (Å²) in [6.07, 6.45) is 0. The van der Waals surface area contributed by atoms with E-state index in [-0.39, 0.29) is 18.0 Å². The summed E-state index contributed by atoms with van der Waals surface area (Å²) in [5, 5.41) is 3.28. The van der Waals surface area contributed by atoms with Crippen LogP contribution in [0.4, 0.5) is 5.69 Å². The van der Waals surface area contributed by atoms with Crippen LogP contribution in [0.1, 0.15) is 21.6 Å². The van der Waals surface area contributed by atoms with Gasteiger partial charge in [-0.25, -0.2) is 13.2 Å². The third kappa shape index (κ3) is 5.09. The molecule has 2 heterocycles. The number of anilines is 1. The first-order valence-electron chi connectivity index (χ1n) is 10.8. The van der Waals surface area contributed by atoms with E-state index in [2.05, 4.69) is 10.3 Å². The van der Waals surface area contributed by atoms with Gasteiger partial charge in [0.25, 0.3) is 5.91 Å². The van der Waals surface area contributed by atoms with E-state index in [1.54, 1.807) is 44.2 Å². The summed E-state index contributed by atoms with van der Waals surface area (Å²) in [7, 11) is -3.71. The summed E-state index contributed by atoms with van der Waals surface area (Å²) >= 11 is 0. The molecule has 1 aliphatic rings. The van der Waals surface area contributed by atoms with Crippen LogP contribution in [0.3, 0.4) is 0 Å². The number of hydrogen-bond acceptors (Lipinski definition) is 7. The molecule has 178 valence electrons. The summed E-state index contributed by atoms with van der Waals surface area (Å²) in [6, 6.07) is 13.4. The number of para-hydroxylation sites is 1. The molecule has 1 N–H and O–H groups in total. The average Bonchev–Trinajstić information content (AvgIpc) is 2.83. The first-order chi connectivity index (χ1) is 16.3. The SMILES string of the molecule is Cc1cc(C(=O)OCC(=O)Nc2cc(S(=O)(=O)N3CCOCC3)ccc2C)c2ccccc2n1. The number of morpholine rings is 1. The van der Waals surface area contributed by atoms with Crippen LogP contribution in [0, 0.1) is 13.8 Å². The molecule has 0 bridgehead atoms. The van der Waals surface area contributed by atoms with Gasteiger partial charge in [0.15, 0.2) is 6.61 Å². The standard InChI is InChI=1S/C24H25N3O6S/c1-16-7-8-18(34(30,31)27-9-11-32-12-10-27)14-22(16)26-23(28)15-33-24(29)20-13-17(2)25-21-6-4-3-5-19(20)21/h3-8,13-14H,9-12,15H2,1-2H3,(H,26,28). The second-order valence-corrected chi connectivity index (χ2v) is 9.88. The number of fused-ring (bicyclic) bond motifs is 1. The molecule has 9 nitrogen and oxygen atoms in total. The molecule has 1 fully saturated rings. The molecular weight excluding hydrogens is 458 g/mol. The minimum atomic E-state index is -3.71. The molecule has 10 heteroatoms. The molecule has 0 spiro atoms. The molecule has 2 aromatic carbocycles. The van der Waals surface area contributed by atoms with Crippen LogP contribution in [0.5, 0.6) is 0 Å². The Balaban J connectivity index is 1.45. The van der Waals surface area contributed by atoms with Gasteiger partial charge in [0.1, 0.15) is 0 Å². The summed E-state index contributed by atoms with van der Waals surface area (Å²) < 4.78 is 37.7. The normalized spacial score (nSPS) is 14.6. The number of carbonyl (C=O) groups excluding carboxylic acids is 2. The van der Waals surface area contributed by atoms with Crippen molar-refractivity contribution in [1.29, 1.82) is 0 Å². The maximum Gasteiger partial charge on any atom is 0.339 e. The summed E-state index contributed by atoms with van der Waals surface area (Å²) in [5.41, 5.74) is 2.65. The predicted octanol–water partition coefficient (Wildman–Crippen LogP) is 2.67. The maximum atomic E-state index is 12.9. The number of pyridine rings is 1. The fraction of sp³-hybridized carbons (Fsp3) is 0.292. The second kappa shape index (κ2) is 9.88. The highest BCUT2D eigenvalue weighted by Crippen LogP contribution is 2.24. The second-order valence-electron chi connectivity index (χ2n) is 7.95. The average molecular weight is 484 g/mol. The van der Waals surface area contributed by atoms with E-state index in [0.29, 0.717) is 46.6 Å². The number of rotatable bonds is 6. The summed E-state index contributed by atoms with van der Waals surface area (Å²) in [5.74, 6) is -1.22. The van der Waals surface area contributed by atoms with E-state index < -0.39 is 28.5 Å². The molecule has 0 atom stereocenters. The summed E-state index contributed by atoms with van der Waals surface area (Å²) in [4.78, 5) is 29.7. The quantitative estimate of drug-likeness (QED) is 0.536. The third-order valence-corrected chi connectivity index (χ3v) is 7.38. The number of benzene rings is 2. The zero-order valence-electron chi connectivity index (χ0n) is 18.9. The first-order valence-corrected chi connectivity index (χ1v) is 12.2. The van der Waals surface area contributed by atoms with Crippen molar-refractivity contribution < 1.29 is 27.5 Å². The van der Waals surface area contributed by atoms with Crippen molar-refractivity contribution in [1.82, 2.24) is 9.29 Å². The zero-order chi connectivity index (χ0) is 24.3. The van der Waals surface area contributed by atoms with E-state index in [1.807, 2.05) is 6.07 Å². The molecule has 0 radical (unpaired) electrons. The van der Waals surface area contributed by atoms with Crippen molar-refractivity contribution in [2.24, 2.45) is 0 Å². The van der Waals surface area contributed by atoms with Crippen molar-refractivity contribution in [3.8, 4) is 0 Å². The Morgan fingerprint density at radius 1 is 1.09 bits per heavy atom. The topological polar surface area (TPSA) is 115 Å². The van der Waals surface area contributed by atoms with Crippen molar-refractivity contribution in [3.63, 3.8) is 0 Å². The van der Waals surface area contributed by atoms with Crippen molar-refractivity contribution in [2.45, 2.75) is 18.7 Å². The Bertz CT molecular complexity index is 1350. The monoisotopic (exact) mass is 483 g/mol. The predicted molar refractivity (Wildman–Crippen MR) is 126 cm³/mol. The Hall–Kier alpha value is -3.34. The van der Waals surface area contributed by atoms with Gasteiger partial charge in [-0.3, -0.25) is 9.78 Å². The molecule has 1 aromatic heterocycles. The minimum Gasteiger partial charge on any atom is -0.452 e. The molecule has 34 heavy (non-hydrogen) atoms. The number of amides is 1. The van der Waals surface area contributed by atoms with Gasteiger partial charge in [-0.05, 0) is 43.7 Å². The van der Waals surface area contributed by atoms with Crippen LogP contribution in [0.15, 0.2) is 53.4 Å². The Morgan fingerprint density at radius 2 is 1.82 bits per heavy atom. The van der Waals surface area contributed by atoms with Gasteiger partial charge >= 0.3 is 5.97 Å². The van der Waals surface area contributed by atoms with Crippen LogP contribution < -0.4 is 5.32 Å². The van der Waals surface area contributed by atoms with E-state index in [0.717, 1.165) is 0 Å². The van der Waals surface area contributed by atoms with Crippen LogP contribution >= 0.6 is 0 Å². The number of aryl methyl sites for hydroxylation is 2. The van der Waals surface area contributed by atoms with E-state index in [9.17, 15) is 18.0 Å². The van der Waals surface area contributed by atoms with Crippen molar-refractivity contribution in [2.75, 3.05) is 38.2 Å². The van der Waals surface area contributed by atoms with E-state index >= 15 is 0 Å². The molecular formula is C24H25N3O6S. The lowest BCUT2D eigenvalue weighted by Crippen LogP contribution is -2.40. The molecule has 1 saturated heterocycles. The number of carbonyl (C=O) groups is 2. The van der Waals surface area contributed by atoms with Gasteiger partial charge in [-0.2, -0.15) is 4.31 Å². The Labute approximate surface area is 197 Å². The minimum absolute atomic E-state index is 0.0750. The number of nitrogens with zero attached hydrogens (tertiary/aromatic N) is 2. The molecule has 3 aromatic rings. The van der Waals surface area contributed by atoms with Crippen LogP contribution in [0.25, 0.3) is 10.9 Å². The third-order valence-electron chi connectivity index (χ3n) is 5.49.